The van der Waals surface area contributed by atoms with Crippen LogP contribution in [0.15, 0.2) is 130 Å². The molecule has 0 spiro atoms. The maximum Gasteiger partial charge on any atom is 0.320 e. The topological polar surface area (TPSA) is 155 Å². The van der Waals surface area contributed by atoms with Gasteiger partial charge in [-0.3, -0.25) is 19.4 Å². The fraction of sp³-hybridized carbons (Fsp3) is 0.323. The number of ether oxygens (including phenoxy) is 4. The second-order valence-electron chi connectivity index (χ2n) is 21.3. The quantitative estimate of drug-likeness (QED) is 0.0748. The maximum absolute atomic E-state index is 14.0. The van der Waals surface area contributed by atoms with Gasteiger partial charge in [-0.1, -0.05) is 101 Å². The average Bonchev–Trinajstić information content (AvgIpc) is 4.10. The Morgan fingerprint density at radius 3 is 1.56 bits per heavy atom. The molecular formula is C62H68ClFN6O8. The van der Waals surface area contributed by atoms with Crippen molar-refractivity contribution in [3.63, 3.8) is 0 Å². The van der Waals surface area contributed by atoms with Crippen molar-refractivity contribution in [2.75, 3.05) is 41.4 Å². The third kappa shape index (κ3) is 16.1. The first-order valence-electron chi connectivity index (χ1n) is 25.5. The number of carbonyl (C=O) groups is 2. The third-order valence-corrected chi connectivity index (χ3v) is 12.5. The fourth-order valence-corrected chi connectivity index (χ4v) is 8.92. The number of benzene rings is 6. The van der Waals surface area contributed by atoms with Gasteiger partial charge >= 0.3 is 11.9 Å². The lowest BCUT2D eigenvalue weighted by atomic mass is 9.94. The highest BCUT2D eigenvalue weighted by Gasteiger charge is 2.22. The molecule has 0 atom stereocenters. The average molecular weight is 1080 g/mol. The van der Waals surface area contributed by atoms with Crippen molar-refractivity contribution in [2.45, 2.75) is 92.9 Å². The highest BCUT2D eigenvalue weighted by atomic mass is 35.5. The van der Waals surface area contributed by atoms with Gasteiger partial charge in [-0.15, -0.1) is 0 Å². The summed E-state index contributed by atoms with van der Waals surface area (Å²) in [6.07, 6.45) is 0. The van der Waals surface area contributed by atoms with E-state index in [1.54, 1.807) is 20.3 Å². The molecule has 0 bridgehead atoms. The van der Waals surface area contributed by atoms with Crippen molar-refractivity contribution < 1.29 is 42.0 Å². The number of nitrogens with zero attached hydrogens (tertiary/aromatic N) is 6. The monoisotopic (exact) mass is 1080 g/mol. The lowest BCUT2D eigenvalue weighted by Crippen LogP contribution is -2.32. The number of esters is 2. The number of aromatic nitrogens is 4. The van der Waals surface area contributed by atoms with E-state index >= 15 is 0 Å². The number of likely N-dealkylation sites (N-methyl/N-ethyl adjacent to an activating group) is 2. The van der Waals surface area contributed by atoms with E-state index in [1.165, 1.54) is 17.7 Å². The van der Waals surface area contributed by atoms with Crippen LogP contribution in [-0.2, 0) is 54.8 Å². The van der Waals surface area contributed by atoms with Gasteiger partial charge in [0.25, 0.3) is 11.8 Å². The molecule has 0 radical (unpaired) electrons. The van der Waals surface area contributed by atoms with Gasteiger partial charge in [0.2, 0.25) is 11.6 Å². The Labute approximate surface area is 461 Å². The second-order valence-corrected chi connectivity index (χ2v) is 21.7. The molecule has 0 amide bonds. The third-order valence-electron chi connectivity index (χ3n) is 12.1. The van der Waals surface area contributed by atoms with Gasteiger partial charge in [0, 0.05) is 54.6 Å². The number of methoxy groups -OCH3 is 2. The van der Waals surface area contributed by atoms with Crippen molar-refractivity contribution >= 4 is 23.5 Å². The summed E-state index contributed by atoms with van der Waals surface area (Å²) in [6.45, 7) is 17.4. The minimum absolute atomic E-state index is 0.164. The molecule has 2 heterocycles. The summed E-state index contributed by atoms with van der Waals surface area (Å²) in [5, 5.41) is 8.92. The Morgan fingerprint density at radius 2 is 1.04 bits per heavy atom. The zero-order chi connectivity index (χ0) is 56.3. The van der Waals surface area contributed by atoms with Gasteiger partial charge in [0.05, 0.1) is 26.3 Å². The van der Waals surface area contributed by atoms with Crippen molar-refractivity contribution in [2.24, 2.45) is 0 Å². The number of rotatable bonds is 18. The Morgan fingerprint density at radius 1 is 0.551 bits per heavy atom. The SMILES string of the molecule is COCc1cc(-c2nc(-c3ccc(CN(C)CC(=O)OC(C)(C)C)c(Cl)c3)no2)ccc1-c1ccccc1C.COCc1cc(-c2nc(-c3ccc(CN(C)CC(=O)OC(C)(C)C)cc3)no2)ccc1-c1cc(F)ccc1C. The standard InChI is InChI=1S/C31H34ClN3O4.C31H34FN3O4/c1-20-9-7-8-10-25(20)26-14-13-22(15-24(26)19-37-6)30-33-29(34-39-30)21-11-12-23(27(32)16-21)17-35(5)18-28(36)38-31(2,3)4;1-20-7-13-25(32)16-27(20)26-14-12-23(15-24(26)19-37-6)30-33-29(34-39-30)22-10-8-21(9-11-22)17-35(5)18-28(36)38-31(2,3)4/h2*7-16H,17-19H2,1-6H3. The fourth-order valence-electron chi connectivity index (χ4n) is 8.68. The van der Waals surface area contributed by atoms with E-state index in [9.17, 15) is 14.0 Å². The first-order valence-corrected chi connectivity index (χ1v) is 25.9. The Hall–Kier alpha value is -7.40. The number of aryl methyl sites for hydroxylation is 2. The van der Waals surface area contributed by atoms with E-state index in [0.717, 1.165) is 72.3 Å². The van der Waals surface area contributed by atoms with Crippen LogP contribution in [0.2, 0.25) is 5.02 Å². The zero-order valence-corrected chi connectivity index (χ0v) is 47.3. The van der Waals surface area contributed by atoms with Crippen LogP contribution in [-0.4, -0.2) is 94.6 Å². The van der Waals surface area contributed by atoms with Crippen molar-refractivity contribution in [3.05, 3.63) is 166 Å². The van der Waals surface area contributed by atoms with Gasteiger partial charge in [0.15, 0.2) is 0 Å². The predicted molar refractivity (Wildman–Crippen MR) is 301 cm³/mol. The van der Waals surface area contributed by atoms with E-state index < -0.39 is 11.2 Å². The Balaban J connectivity index is 0.000000226. The van der Waals surface area contributed by atoms with E-state index in [0.29, 0.717) is 54.8 Å². The highest BCUT2D eigenvalue weighted by Crippen LogP contribution is 2.35. The summed E-state index contributed by atoms with van der Waals surface area (Å²) in [7, 11) is 7.03. The molecule has 16 heteroatoms. The van der Waals surface area contributed by atoms with Gasteiger partial charge in [-0.2, -0.15) is 9.97 Å². The summed E-state index contributed by atoms with van der Waals surface area (Å²) in [5.74, 6) is 0.882. The smallest absolute Gasteiger partial charge is 0.320 e. The minimum atomic E-state index is -0.519. The van der Waals surface area contributed by atoms with Crippen LogP contribution in [0.5, 0.6) is 0 Å². The lowest BCUT2D eigenvalue weighted by molar-refractivity contribution is -0.157. The first-order chi connectivity index (χ1) is 37.1. The normalized spacial score (nSPS) is 11.7. The molecule has 8 rings (SSSR count). The largest absolute Gasteiger partial charge is 0.459 e. The Kier molecular flexibility index (Phi) is 19.3. The second kappa shape index (κ2) is 25.8. The van der Waals surface area contributed by atoms with E-state index in [-0.39, 0.29) is 30.8 Å². The number of hydrogen-bond donors (Lipinski definition) is 0. The van der Waals surface area contributed by atoms with Crippen molar-refractivity contribution in [1.82, 2.24) is 30.1 Å². The molecule has 0 fully saturated rings. The zero-order valence-electron chi connectivity index (χ0n) is 46.5. The summed E-state index contributed by atoms with van der Waals surface area (Å²) in [6, 6.07) is 38.3. The number of carbonyl (C=O) groups excluding carboxylic acids is 2. The molecule has 0 aliphatic rings. The Bertz CT molecular complexity index is 3340. The summed E-state index contributed by atoms with van der Waals surface area (Å²) in [4.78, 5) is 37.2. The van der Waals surface area contributed by atoms with Crippen LogP contribution < -0.4 is 0 Å². The summed E-state index contributed by atoms with van der Waals surface area (Å²) >= 11 is 6.59. The van der Waals surface area contributed by atoms with Gasteiger partial charge in [0.1, 0.15) is 17.0 Å². The molecule has 78 heavy (non-hydrogen) atoms. The molecule has 6 aromatic carbocycles. The van der Waals surface area contributed by atoms with Crippen molar-refractivity contribution in [3.8, 4) is 67.9 Å². The van der Waals surface area contributed by atoms with Gasteiger partial charge in [-0.05, 0) is 168 Å². The minimum Gasteiger partial charge on any atom is -0.459 e. The number of halogens is 2. The van der Waals surface area contributed by atoms with Crippen LogP contribution in [0.1, 0.15) is 74.9 Å². The van der Waals surface area contributed by atoms with E-state index in [4.69, 9.17) is 39.6 Å². The molecular weight excluding hydrogens is 1010 g/mol. The maximum atomic E-state index is 14.0. The molecule has 2 aromatic heterocycles. The molecule has 0 unspecified atom stereocenters. The lowest BCUT2D eigenvalue weighted by Gasteiger charge is -2.22. The summed E-state index contributed by atoms with van der Waals surface area (Å²) in [5.41, 5.74) is 12.1. The summed E-state index contributed by atoms with van der Waals surface area (Å²) < 4.78 is 46.9. The molecule has 0 aliphatic heterocycles. The predicted octanol–water partition coefficient (Wildman–Crippen LogP) is 13.4. The molecule has 8 aromatic rings. The van der Waals surface area contributed by atoms with E-state index in [1.807, 2.05) is 157 Å². The van der Waals surface area contributed by atoms with Crippen LogP contribution in [0.25, 0.3) is 67.9 Å². The molecule has 0 N–H and O–H groups in total. The molecule has 0 saturated carbocycles. The molecule has 408 valence electrons. The molecule has 0 saturated heterocycles. The van der Waals surface area contributed by atoms with Crippen molar-refractivity contribution in [1.29, 1.82) is 0 Å². The van der Waals surface area contributed by atoms with Gasteiger partial charge < -0.3 is 28.0 Å². The van der Waals surface area contributed by atoms with E-state index in [2.05, 4.69) is 45.4 Å². The van der Waals surface area contributed by atoms with Crippen LogP contribution in [0.4, 0.5) is 4.39 Å². The molecule has 14 nitrogen and oxygen atoms in total. The highest BCUT2D eigenvalue weighted by molar-refractivity contribution is 6.31. The van der Waals surface area contributed by atoms with Gasteiger partial charge in [-0.25, -0.2) is 4.39 Å². The van der Waals surface area contributed by atoms with Crippen LogP contribution >= 0.6 is 11.6 Å². The molecule has 0 aliphatic carbocycles. The number of hydrogen-bond acceptors (Lipinski definition) is 14. The van der Waals surface area contributed by atoms with Crippen LogP contribution in [0, 0.1) is 19.7 Å². The van der Waals surface area contributed by atoms with Crippen LogP contribution in [0.3, 0.4) is 0 Å². The first kappa shape index (κ1) is 58.3.